The first-order chi connectivity index (χ1) is 20.3. The first kappa shape index (κ1) is 28.7. The summed E-state index contributed by atoms with van der Waals surface area (Å²) in [6.07, 6.45) is 2.41. The van der Waals surface area contributed by atoms with Crippen LogP contribution in [0.3, 0.4) is 0 Å². The molecule has 0 aliphatic rings. The van der Waals surface area contributed by atoms with Crippen molar-refractivity contribution < 1.29 is 9.53 Å². The third-order valence-electron chi connectivity index (χ3n) is 7.13. The Morgan fingerprint density at radius 1 is 1.00 bits per heavy atom. The van der Waals surface area contributed by atoms with Crippen molar-refractivity contribution in [1.29, 1.82) is 0 Å². The average Bonchev–Trinajstić information content (AvgIpc) is 3.65. The van der Waals surface area contributed by atoms with Gasteiger partial charge in [0.2, 0.25) is 5.82 Å². The Morgan fingerprint density at radius 2 is 1.74 bits per heavy atom. The van der Waals surface area contributed by atoms with Crippen molar-refractivity contribution in [3.8, 4) is 22.5 Å². The molecule has 0 atom stereocenters. The molecule has 12 heteroatoms. The summed E-state index contributed by atoms with van der Waals surface area (Å²) in [6.45, 7) is 6.21. The number of hydrogen-bond acceptors (Lipinski definition) is 8. The van der Waals surface area contributed by atoms with Crippen LogP contribution in [0.5, 0.6) is 0 Å². The third-order valence-corrected chi connectivity index (χ3v) is 7.13. The first-order valence-electron chi connectivity index (χ1n) is 14.0. The molecule has 0 spiro atoms. The van der Waals surface area contributed by atoms with Crippen LogP contribution in [0, 0.1) is 5.92 Å². The van der Waals surface area contributed by atoms with E-state index in [0.717, 1.165) is 35.1 Å². The van der Waals surface area contributed by atoms with Gasteiger partial charge in [-0.1, -0.05) is 75.7 Å². The Morgan fingerprint density at radius 3 is 2.38 bits per heavy atom. The number of esters is 1. The first-order valence-corrected chi connectivity index (χ1v) is 14.0. The summed E-state index contributed by atoms with van der Waals surface area (Å²) in [5.41, 5.74) is 3.28. The number of imidazole rings is 1. The van der Waals surface area contributed by atoms with Crippen molar-refractivity contribution in [3.05, 3.63) is 80.8 Å². The van der Waals surface area contributed by atoms with Gasteiger partial charge >= 0.3 is 11.7 Å². The second-order valence-corrected chi connectivity index (χ2v) is 10.6. The molecular weight excluding hydrogens is 536 g/mol. The molecule has 0 unspecified atom stereocenters. The molecule has 5 rings (SSSR count). The topological polar surface area (TPSA) is 143 Å². The largest absolute Gasteiger partial charge is 0.468 e. The van der Waals surface area contributed by atoms with Gasteiger partial charge in [-0.15, -0.1) is 10.2 Å². The van der Waals surface area contributed by atoms with Crippen LogP contribution >= 0.6 is 0 Å². The molecule has 0 aliphatic heterocycles. The van der Waals surface area contributed by atoms with Gasteiger partial charge in [0.1, 0.15) is 12.4 Å². The second kappa shape index (κ2) is 12.3. The number of benzene rings is 2. The Balaban J connectivity index is 1.61. The highest BCUT2D eigenvalue weighted by atomic mass is 16.5. The van der Waals surface area contributed by atoms with E-state index in [1.54, 1.807) is 0 Å². The molecule has 0 saturated heterocycles. The molecular formula is C30H34N8O4. The van der Waals surface area contributed by atoms with Crippen LogP contribution in [0.2, 0.25) is 0 Å². The summed E-state index contributed by atoms with van der Waals surface area (Å²) in [7, 11) is 1.27. The minimum atomic E-state index is -0.588. The average molecular weight is 571 g/mol. The minimum absolute atomic E-state index is 0.0400. The van der Waals surface area contributed by atoms with Gasteiger partial charge in [0.25, 0.3) is 5.56 Å². The normalized spacial score (nSPS) is 11.5. The molecule has 1 N–H and O–H groups in total. The standard InChI is InChI=1S/C30H34N8O4/c1-5-6-11-24-31-28-26(29(40)38(16-19(2)3)30(41)37(28)18-25(39)42-4)36(24)17-20-12-14-21(15-13-20)22-9-7-8-10-23(22)27-32-34-35-33-27/h7-10,12-15,19H,5-6,11,16-18H2,1-4H3,(H,32,33,34,35). The molecule has 5 aromatic rings. The molecule has 0 radical (unpaired) electrons. The van der Waals surface area contributed by atoms with Gasteiger partial charge in [-0.2, -0.15) is 5.21 Å². The Labute approximate surface area is 242 Å². The lowest BCUT2D eigenvalue weighted by Gasteiger charge is -2.14. The second-order valence-electron chi connectivity index (χ2n) is 10.6. The number of aromatic nitrogens is 8. The monoisotopic (exact) mass is 570 g/mol. The Bertz CT molecular complexity index is 1820. The summed E-state index contributed by atoms with van der Waals surface area (Å²) >= 11 is 0. The van der Waals surface area contributed by atoms with Gasteiger partial charge in [-0.3, -0.25) is 18.7 Å². The molecule has 0 aliphatic carbocycles. The maximum absolute atomic E-state index is 13.8. The van der Waals surface area contributed by atoms with E-state index in [9.17, 15) is 14.4 Å². The van der Waals surface area contributed by atoms with Crippen LogP contribution in [0.1, 0.15) is 45.0 Å². The van der Waals surface area contributed by atoms with Crippen molar-refractivity contribution in [3.63, 3.8) is 0 Å². The van der Waals surface area contributed by atoms with Gasteiger partial charge in [0.05, 0.1) is 7.11 Å². The highest BCUT2D eigenvalue weighted by Crippen LogP contribution is 2.30. The Kier molecular flexibility index (Phi) is 8.41. The number of fused-ring (bicyclic) bond motifs is 1. The van der Waals surface area contributed by atoms with Crippen molar-refractivity contribution in [2.75, 3.05) is 7.11 Å². The summed E-state index contributed by atoms with van der Waals surface area (Å²) < 4.78 is 9.20. The number of ether oxygens (including phenoxy) is 1. The van der Waals surface area contributed by atoms with Crippen LogP contribution < -0.4 is 11.2 Å². The zero-order chi connectivity index (χ0) is 29.8. The molecule has 218 valence electrons. The molecule has 42 heavy (non-hydrogen) atoms. The van der Waals surface area contributed by atoms with E-state index in [0.29, 0.717) is 30.1 Å². The number of nitrogens with one attached hydrogen (secondary N) is 1. The number of aryl methyl sites for hydroxylation is 1. The number of carbonyl (C=O) groups is 1. The molecule has 0 bridgehead atoms. The molecule has 12 nitrogen and oxygen atoms in total. The number of aromatic amines is 1. The van der Waals surface area contributed by atoms with Crippen molar-refractivity contribution in [1.82, 2.24) is 39.3 Å². The quantitative estimate of drug-likeness (QED) is 0.238. The van der Waals surface area contributed by atoms with E-state index < -0.39 is 17.2 Å². The summed E-state index contributed by atoms with van der Waals surface area (Å²) in [5.74, 6) is 0.652. The summed E-state index contributed by atoms with van der Waals surface area (Å²) in [5, 5.41) is 14.4. The fourth-order valence-electron chi connectivity index (χ4n) is 5.07. The van der Waals surface area contributed by atoms with E-state index in [1.807, 2.05) is 66.9 Å². The number of hydrogen-bond donors (Lipinski definition) is 1. The highest BCUT2D eigenvalue weighted by molar-refractivity contribution is 5.80. The van der Waals surface area contributed by atoms with E-state index >= 15 is 0 Å². The Hall–Kier alpha value is -4.87. The predicted octanol–water partition coefficient (Wildman–Crippen LogP) is 3.43. The SMILES string of the molecule is CCCCc1nc2c(c(=O)n(CC(C)C)c(=O)n2CC(=O)OC)n1Cc1ccc(-c2ccccc2-c2nn[nH]n2)cc1. The highest BCUT2D eigenvalue weighted by Gasteiger charge is 2.23. The molecule has 2 aromatic carbocycles. The van der Waals surface area contributed by atoms with Crippen LogP contribution in [0.15, 0.2) is 58.1 Å². The minimum Gasteiger partial charge on any atom is -0.468 e. The van der Waals surface area contributed by atoms with Gasteiger partial charge in [0.15, 0.2) is 11.2 Å². The number of unbranched alkanes of at least 4 members (excludes halogenated alkanes) is 1. The predicted molar refractivity (Wildman–Crippen MR) is 158 cm³/mol. The van der Waals surface area contributed by atoms with Gasteiger partial charge in [-0.25, -0.2) is 9.78 Å². The number of H-pyrrole nitrogens is 1. The number of methoxy groups -OCH3 is 1. The smallest absolute Gasteiger partial charge is 0.333 e. The fraction of sp³-hybridized carbons (Fsp3) is 0.367. The van der Waals surface area contributed by atoms with E-state index in [4.69, 9.17) is 9.72 Å². The van der Waals surface area contributed by atoms with Gasteiger partial charge in [0, 0.05) is 25.1 Å². The van der Waals surface area contributed by atoms with Crippen LogP contribution in [-0.4, -0.2) is 52.4 Å². The van der Waals surface area contributed by atoms with Crippen molar-refractivity contribution >= 4 is 17.1 Å². The molecule has 3 aromatic heterocycles. The number of rotatable bonds is 11. The summed E-state index contributed by atoms with van der Waals surface area (Å²) in [6, 6.07) is 15.9. The van der Waals surface area contributed by atoms with Crippen molar-refractivity contribution in [2.45, 2.75) is 59.7 Å². The lowest BCUT2D eigenvalue weighted by molar-refractivity contribution is -0.141. The van der Waals surface area contributed by atoms with Crippen LogP contribution in [0.4, 0.5) is 0 Å². The zero-order valence-corrected chi connectivity index (χ0v) is 24.2. The third kappa shape index (κ3) is 5.65. The zero-order valence-electron chi connectivity index (χ0n) is 24.2. The van der Waals surface area contributed by atoms with Crippen molar-refractivity contribution in [2.24, 2.45) is 5.92 Å². The number of tetrazole rings is 1. The van der Waals surface area contributed by atoms with Crippen LogP contribution in [0.25, 0.3) is 33.7 Å². The maximum Gasteiger partial charge on any atom is 0.333 e. The molecule has 0 saturated carbocycles. The number of nitrogens with zero attached hydrogens (tertiary/aromatic N) is 7. The van der Waals surface area contributed by atoms with E-state index in [1.165, 1.54) is 16.2 Å². The maximum atomic E-state index is 13.8. The summed E-state index contributed by atoms with van der Waals surface area (Å²) in [4.78, 5) is 44.3. The lowest BCUT2D eigenvalue weighted by Crippen LogP contribution is -2.42. The molecule has 0 amide bonds. The van der Waals surface area contributed by atoms with E-state index in [-0.39, 0.29) is 24.7 Å². The molecule has 3 heterocycles. The van der Waals surface area contributed by atoms with Gasteiger partial charge < -0.3 is 9.30 Å². The van der Waals surface area contributed by atoms with Gasteiger partial charge in [-0.05, 0) is 34.2 Å². The fourth-order valence-corrected chi connectivity index (χ4v) is 5.07. The van der Waals surface area contributed by atoms with E-state index in [2.05, 4.69) is 27.5 Å². The number of carbonyl (C=O) groups excluding carboxylic acids is 1. The lowest BCUT2D eigenvalue weighted by atomic mass is 9.98. The molecule has 0 fully saturated rings. The van der Waals surface area contributed by atoms with Crippen LogP contribution in [-0.2, 0) is 35.6 Å².